The van der Waals surface area contributed by atoms with Gasteiger partial charge in [0.05, 0.1) is 0 Å². The molecule has 0 bridgehead atoms. The van der Waals surface area contributed by atoms with Crippen LogP contribution in [-0.2, 0) is 4.79 Å². The van der Waals surface area contributed by atoms with Gasteiger partial charge >= 0.3 is 0 Å². The molecule has 0 saturated carbocycles. The van der Waals surface area contributed by atoms with E-state index in [-0.39, 0.29) is 24.1 Å². The molecule has 0 aliphatic heterocycles. The van der Waals surface area contributed by atoms with Crippen LogP contribution in [0, 0.1) is 0 Å². The minimum Gasteiger partial charge on any atom is -0.409 e. The number of carbonyl (C=O) groups is 2. The zero-order chi connectivity index (χ0) is 15.1. The van der Waals surface area contributed by atoms with E-state index in [4.69, 9.17) is 10.9 Å². The van der Waals surface area contributed by atoms with Crippen molar-refractivity contribution in [2.75, 3.05) is 20.6 Å². The molecule has 1 aromatic rings. The molecule has 108 valence electrons. The second-order valence-corrected chi connectivity index (χ2v) is 4.21. The van der Waals surface area contributed by atoms with Crippen LogP contribution in [0.15, 0.2) is 29.4 Å². The van der Waals surface area contributed by atoms with E-state index in [0.717, 1.165) is 0 Å². The van der Waals surface area contributed by atoms with E-state index >= 15 is 0 Å². The van der Waals surface area contributed by atoms with E-state index < -0.39 is 0 Å². The van der Waals surface area contributed by atoms with Crippen LogP contribution in [0.1, 0.15) is 22.3 Å². The van der Waals surface area contributed by atoms with E-state index in [1.807, 2.05) is 0 Å². The lowest BCUT2D eigenvalue weighted by Crippen LogP contribution is -2.31. The van der Waals surface area contributed by atoms with Gasteiger partial charge in [-0.05, 0) is 12.1 Å². The number of benzene rings is 1. The smallest absolute Gasteiger partial charge is 0.253 e. The second kappa shape index (κ2) is 7.13. The Hall–Kier alpha value is -2.57. The van der Waals surface area contributed by atoms with Crippen LogP contribution >= 0.6 is 0 Å². The van der Waals surface area contributed by atoms with Crippen LogP contribution < -0.4 is 11.1 Å². The first-order valence-corrected chi connectivity index (χ1v) is 6.03. The largest absolute Gasteiger partial charge is 0.409 e. The number of hydrogen-bond donors (Lipinski definition) is 3. The van der Waals surface area contributed by atoms with Crippen molar-refractivity contribution >= 4 is 17.6 Å². The predicted octanol–water partition coefficient (Wildman–Crippen LogP) is -0.0108. The highest BCUT2D eigenvalue weighted by Gasteiger charge is 2.13. The average Bonchev–Trinajstić information content (AvgIpc) is 2.50. The van der Waals surface area contributed by atoms with Crippen molar-refractivity contribution in [2.24, 2.45) is 10.9 Å². The third-order valence-corrected chi connectivity index (χ3v) is 2.84. The van der Waals surface area contributed by atoms with Gasteiger partial charge in [-0.2, -0.15) is 0 Å². The van der Waals surface area contributed by atoms with Gasteiger partial charge in [-0.25, -0.2) is 0 Å². The lowest BCUT2D eigenvalue weighted by Gasteiger charge is -2.16. The number of carbonyl (C=O) groups excluding carboxylic acids is 2. The highest BCUT2D eigenvalue weighted by atomic mass is 16.4. The fraction of sp³-hybridized carbons (Fsp3) is 0.308. The molecule has 0 unspecified atom stereocenters. The van der Waals surface area contributed by atoms with Crippen molar-refractivity contribution < 1.29 is 14.8 Å². The topological polar surface area (TPSA) is 108 Å². The summed E-state index contributed by atoms with van der Waals surface area (Å²) in [6.07, 6.45) is 0.251. The number of nitrogens with zero attached hydrogens (tertiary/aromatic N) is 2. The molecule has 7 heteroatoms. The molecule has 7 nitrogen and oxygen atoms in total. The van der Waals surface area contributed by atoms with E-state index in [1.54, 1.807) is 38.4 Å². The fourth-order valence-corrected chi connectivity index (χ4v) is 1.56. The van der Waals surface area contributed by atoms with Crippen molar-refractivity contribution in [1.82, 2.24) is 10.2 Å². The number of amides is 2. The summed E-state index contributed by atoms with van der Waals surface area (Å²) in [5.74, 6) is -0.330. The Kier molecular flexibility index (Phi) is 5.52. The molecule has 2 amide bonds. The number of oxime groups is 1. The molecule has 0 saturated heterocycles. The Morgan fingerprint density at radius 3 is 2.35 bits per heavy atom. The van der Waals surface area contributed by atoms with Crippen molar-refractivity contribution in [3.05, 3.63) is 35.4 Å². The zero-order valence-corrected chi connectivity index (χ0v) is 11.5. The van der Waals surface area contributed by atoms with Crippen LogP contribution in [0.4, 0.5) is 0 Å². The number of rotatable bonds is 5. The standard InChI is InChI=1S/C13H18N4O3/c1-15-11(18)7-8-17(2)13(19)10-5-3-9(4-6-10)12(14)16-20/h3-6,20H,7-8H2,1-2H3,(H2,14,16)(H,15,18). The average molecular weight is 278 g/mol. The molecule has 20 heavy (non-hydrogen) atoms. The van der Waals surface area contributed by atoms with Crippen LogP contribution in [-0.4, -0.2) is 48.4 Å². The maximum absolute atomic E-state index is 12.1. The normalized spacial score (nSPS) is 11.0. The molecule has 1 aromatic carbocycles. The van der Waals surface area contributed by atoms with Gasteiger partial charge in [0.25, 0.3) is 5.91 Å². The Morgan fingerprint density at radius 2 is 1.85 bits per heavy atom. The van der Waals surface area contributed by atoms with Crippen LogP contribution in [0.5, 0.6) is 0 Å². The number of amidine groups is 1. The van der Waals surface area contributed by atoms with Gasteiger partial charge in [-0.15, -0.1) is 0 Å². The van der Waals surface area contributed by atoms with E-state index in [1.165, 1.54) is 4.90 Å². The maximum atomic E-state index is 12.1. The lowest BCUT2D eigenvalue weighted by molar-refractivity contribution is -0.120. The summed E-state index contributed by atoms with van der Waals surface area (Å²) in [7, 11) is 3.18. The van der Waals surface area contributed by atoms with Crippen LogP contribution in [0.25, 0.3) is 0 Å². The van der Waals surface area contributed by atoms with E-state index in [0.29, 0.717) is 17.7 Å². The first-order valence-electron chi connectivity index (χ1n) is 6.03. The molecule has 0 aliphatic rings. The summed E-state index contributed by atoms with van der Waals surface area (Å²) in [4.78, 5) is 24.7. The minimum atomic E-state index is -0.194. The number of nitrogens with one attached hydrogen (secondary N) is 1. The molecule has 4 N–H and O–H groups in total. The van der Waals surface area contributed by atoms with Crippen LogP contribution in [0.3, 0.4) is 0 Å². The molecule has 0 aromatic heterocycles. The van der Waals surface area contributed by atoms with Gasteiger partial charge in [0, 0.05) is 38.2 Å². The van der Waals surface area contributed by atoms with Gasteiger partial charge in [-0.1, -0.05) is 17.3 Å². The first-order chi connectivity index (χ1) is 9.49. The summed E-state index contributed by atoms with van der Waals surface area (Å²) < 4.78 is 0. The molecule has 0 aliphatic carbocycles. The first kappa shape index (κ1) is 15.5. The highest BCUT2D eigenvalue weighted by Crippen LogP contribution is 2.07. The molecule has 1 rings (SSSR count). The number of hydrogen-bond acceptors (Lipinski definition) is 4. The number of nitrogens with two attached hydrogens (primary N) is 1. The summed E-state index contributed by atoms with van der Waals surface area (Å²) in [5.41, 5.74) is 6.43. The Balaban J connectivity index is 2.70. The van der Waals surface area contributed by atoms with E-state index in [9.17, 15) is 9.59 Å². The molecule has 0 radical (unpaired) electrons. The zero-order valence-electron chi connectivity index (χ0n) is 11.5. The van der Waals surface area contributed by atoms with Gasteiger partial charge in [0.2, 0.25) is 5.91 Å². The van der Waals surface area contributed by atoms with Crippen LogP contribution in [0.2, 0.25) is 0 Å². The SMILES string of the molecule is CNC(=O)CCN(C)C(=O)c1ccc(/C(N)=N/O)cc1. The third-order valence-electron chi connectivity index (χ3n) is 2.84. The molecule has 0 fully saturated rings. The van der Waals surface area contributed by atoms with Crippen molar-refractivity contribution in [3.8, 4) is 0 Å². The van der Waals surface area contributed by atoms with Crippen molar-refractivity contribution in [2.45, 2.75) is 6.42 Å². The third kappa shape index (κ3) is 3.98. The predicted molar refractivity (Wildman–Crippen MR) is 74.6 cm³/mol. The minimum absolute atomic E-state index is 0.0167. The monoisotopic (exact) mass is 278 g/mol. The highest BCUT2D eigenvalue weighted by molar-refractivity contribution is 5.99. The van der Waals surface area contributed by atoms with Gasteiger partial charge < -0.3 is 21.2 Å². The summed E-state index contributed by atoms with van der Waals surface area (Å²) in [5, 5.41) is 13.9. The summed E-state index contributed by atoms with van der Waals surface area (Å²) in [6.45, 7) is 0.334. The van der Waals surface area contributed by atoms with E-state index in [2.05, 4.69) is 10.5 Å². The molecule has 0 heterocycles. The maximum Gasteiger partial charge on any atom is 0.253 e. The van der Waals surface area contributed by atoms with Gasteiger partial charge in [0.1, 0.15) is 0 Å². The Labute approximate surface area is 117 Å². The molecule has 0 atom stereocenters. The van der Waals surface area contributed by atoms with Crippen molar-refractivity contribution in [1.29, 1.82) is 0 Å². The Bertz CT molecular complexity index is 511. The molecular weight excluding hydrogens is 260 g/mol. The lowest BCUT2D eigenvalue weighted by atomic mass is 10.1. The van der Waals surface area contributed by atoms with Gasteiger partial charge in [0.15, 0.2) is 5.84 Å². The summed E-state index contributed by atoms with van der Waals surface area (Å²) in [6, 6.07) is 6.36. The fourth-order valence-electron chi connectivity index (χ4n) is 1.56. The second-order valence-electron chi connectivity index (χ2n) is 4.21. The molecular formula is C13H18N4O3. The quantitative estimate of drug-likeness (QED) is 0.304. The summed E-state index contributed by atoms with van der Waals surface area (Å²) >= 11 is 0. The Morgan fingerprint density at radius 1 is 1.30 bits per heavy atom. The molecule has 0 spiro atoms. The van der Waals surface area contributed by atoms with Gasteiger partial charge in [-0.3, -0.25) is 9.59 Å². The van der Waals surface area contributed by atoms with Crippen molar-refractivity contribution in [3.63, 3.8) is 0 Å².